The second-order valence-electron chi connectivity index (χ2n) is 5.22. The molecular weight excluding hydrogens is 228 g/mol. The van der Waals surface area contributed by atoms with Crippen LogP contribution in [-0.4, -0.2) is 43.8 Å². The van der Waals surface area contributed by atoms with E-state index in [0.29, 0.717) is 26.1 Å². The number of hydrogen-bond donors (Lipinski definition) is 1. The molecular formula is C11H20O4S. The van der Waals surface area contributed by atoms with E-state index in [-0.39, 0.29) is 11.2 Å². The molecule has 1 aliphatic carbocycles. The van der Waals surface area contributed by atoms with E-state index in [9.17, 15) is 13.5 Å². The third-order valence-corrected chi connectivity index (χ3v) is 5.66. The summed E-state index contributed by atoms with van der Waals surface area (Å²) in [6.07, 6.45) is 5.10. The first-order chi connectivity index (χ1) is 7.42. The Balaban J connectivity index is 2.07. The number of ether oxygens (including phenoxy) is 1. The summed E-state index contributed by atoms with van der Waals surface area (Å²) in [6.45, 7) is 0.963. The summed E-state index contributed by atoms with van der Waals surface area (Å²) in [7, 11) is -2.97. The maximum atomic E-state index is 11.5. The van der Waals surface area contributed by atoms with Crippen molar-refractivity contribution in [3.8, 4) is 0 Å². The molecule has 1 saturated heterocycles. The Kier molecular flexibility index (Phi) is 3.29. The van der Waals surface area contributed by atoms with Crippen molar-refractivity contribution in [2.24, 2.45) is 5.92 Å². The van der Waals surface area contributed by atoms with Gasteiger partial charge in [0.05, 0.1) is 17.5 Å². The molecule has 0 spiro atoms. The van der Waals surface area contributed by atoms with Gasteiger partial charge in [0.25, 0.3) is 0 Å². The molecule has 94 valence electrons. The predicted molar refractivity (Wildman–Crippen MR) is 61.0 cm³/mol. The van der Waals surface area contributed by atoms with Crippen LogP contribution in [0.2, 0.25) is 0 Å². The molecule has 0 radical (unpaired) electrons. The first-order valence-electron chi connectivity index (χ1n) is 5.91. The minimum atomic E-state index is -2.97. The molecule has 4 nitrogen and oxygen atoms in total. The van der Waals surface area contributed by atoms with Crippen molar-refractivity contribution in [3.63, 3.8) is 0 Å². The molecule has 1 aliphatic heterocycles. The lowest BCUT2D eigenvalue weighted by Gasteiger charge is -2.37. The maximum absolute atomic E-state index is 11.5. The van der Waals surface area contributed by atoms with Gasteiger partial charge < -0.3 is 9.84 Å². The molecule has 0 aromatic carbocycles. The van der Waals surface area contributed by atoms with Gasteiger partial charge >= 0.3 is 0 Å². The van der Waals surface area contributed by atoms with Crippen LogP contribution in [0.5, 0.6) is 0 Å². The fourth-order valence-corrected chi connectivity index (χ4v) is 4.09. The minimum absolute atomic E-state index is 0.0866. The average Bonchev–Trinajstić information content (AvgIpc) is 2.66. The van der Waals surface area contributed by atoms with Crippen molar-refractivity contribution >= 4 is 9.84 Å². The maximum Gasteiger partial charge on any atom is 0.150 e. The van der Waals surface area contributed by atoms with E-state index in [2.05, 4.69) is 0 Å². The molecule has 0 aromatic heterocycles. The monoisotopic (exact) mass is 248 g/mol. The third kappa shape index (κ3) is 2.41. The highest BCUT2D eigenvalue weighted by Gasteiger charge is 2.43. The molecule has 3 unspecified atom stereocenters. The van der Waals surface area contributed by atoms with Gasteiger partial charge in [-0.05, 0) is 25.2 Å². The lowest BCUT2D eigenvalue weighted by atomic mass is 9.76. The SMILES string of the molecule is CS(=O)(=O)C1CCCC(C2(O)CCOC2)C1. The van der Waals surface area contributed by atoms with E-state index >= 15 is 0 Å². The molecule has 2 rings (SSSR count). The smallest absolute Gasteiger partial charge is 0.150 e. The Hall–Kier alpha value is -0.130. The van der Waals surface area contributed by atoms with E-state index in [0.717, 1.165) is 19.3 Å². The molecule has 16 heavy (non-hydrogen) atoms. The molecule has 1 saturated carbocycles. The standard InChI is InChI=1S/C11H20O4S/c1-16(13,14)10-4-2-3-9(7-10)11(12)5-6-15-8-11/h9-10,12H,2-8H2,1H3. The first kappa shape index (κ1) is 12.3. The molecule has 3 atom stereocenters. The summed E-state index contributed by atoms with van der Waals surface area (Å²) >= 11 is 0. The normalized spacial score (nSPS) is 41.1. The zero-order valence-corrected chi connectivity index (χ0v) is 10.5. The molecule has 0 bridgehead atoms. The first-order valence-corrected chi connectivity index (χ1v) is 7.86. The van der Waals surface area contributed by atoms with Crippen molar-refractivity contribution < 1.29 is 18.3 Å². The van der Waals surface area contributed by atoms with E-state index < -0.39 is 15.4 Å². The van der Waals surface area contributed by atoms with Crippen LogP contribution in [0.15, 0.2) is 0 Å². The Morgan fingerprint density at radius 2 is 2.12 bits per heavy atom. The Morgan fingerprint density at radius 3 is 2.69 bits per heavy atom. The molecule has 1 heterocycles. The fraction of sp³-hybridized carbons (Fsp3) is 1.00. The van der Waals surface area contributed by atoms with Gasteiger partial charge in [-0.2, -0.15) is 0 Å². The van der Waals surface area contributed by atoms with Gasteiger partial charge in [0.1, 0.15) is 9.84 Å². The molecule has 1 N–H and O–H groups in total. The zero-order chi connectivity index (χ0) is 11.8. The van der Waals surface area contributed by atoms with Crippen molar-refractivity contribution in [2.45, 2.75) is 43.0 Å². The van der Waals surface area contributed by atoms with Crippen molar-refractivity contribution in [1.82, 2.24) is 0 Å². The zero-order valence-electron chi connectivity index (χ0n) is 9.68. The number of hydrogen-bond acceptors (Lipinski definition) is 4. The van der Waals surface area contributed by atoms with E-state index in [1.165, 1.54) is 6.26 Å². The van der Waals surface area contributed by atoms with Crippen LogP contribution in [0.3, 0.4) is 0 Å². The molecule has 5 heteroatoms. The lowest BCUT2D eigenvalue weighted by molar-refractivity contribution is -0.0371. The van der Waals surface area contributed by atoms with Crippen LogP contribution < -0.4 is 0 Å². The van der Waals surface area contributed by atoms with Crippen molar-refractivity contribution in [2.75, 3.05) is 19.5 Å². The van der Waals surface area contributed by atoms with Gasteiger partial charge in [-0.15, -0.1) is 0 Å². The summed E-state index contributed by atoms with van der Waals surface area (Å²) in [5.74, 6) is 0.0866. The van der Waals surface area contributed by atoms with Crippen LogP contribution in [0.25, 0.3) is 0 Å². The van der Waals surface area contributed by atoms with Crippen LogP contribution in [0.1, 0.15) is 32.1 Å². The van der Waals surface area contributed by atoms with Gasteiger partial charge in [-0.1, -0.05) is 6.42 Å². The summed E-state index contributed by atoms with van der Waals surface area (Å²) in [5.41, 5.74) is -0.774. The third-order valence-electron chi connectivity index (χ3n) is 4.02. The number of aliphatic hydroxyl groups is 1. The molecule has 0 amide bonds. The summed E-state index contributed by atoms with van der Waals surface area (Å²) < 4.78 is 28.3. The van der Waals surface area contributed by atoms with E-state index in [1.807, 2.05) is 0 Å². The van der Waals surface area contributed by atoms with Crippen molar-refractivity contribution in [3.05, 3.63) is 0 Å². The van der Waals surface area contributed by atoms with E-state index in [1.54, 1.807) is 0 Å². The second kappa shape index (κ2) is 4.27. The van der Waals surface area contributed by atoms with Crippen LogP contribution >= 0.6 is 0 Å². The predicted octanol–water partition coefficient (Wildman–Crippen LogP) is 0.741. The summed E-state index contributed by atoms with van der Waals surface area (Å²) in [6, 6.07) is 0. The highest BCUT2D eigenvalue weighted by molar-refractivity contribution is 7.91. The Morgan fingerprint density at radius 1 is 1.38 bits per heavy atom. The quantitative estimate of drug-likeness (QED) is 0.783. The lowest BCUT2D eigenvalue weighted by Crippen LogP contribution is -2.43. The Labute approximate surface area is 96.9 Å². The molecule has 2 aliphatic rings. The number of sulfone groups is 1. The fourth-order valence-electron chi connectivity index (χ4n) is 2.91. The summed E-state index contributed by atoms with van der Waals surface area (Å²) in [4.78, 5) is 0. The van der Waals surface area contributed by atoms with Crippen LogP contribution in [-0.2, 0) is 14.6 Å². The average molecular weight is 248 g/mol. The largest absolute Gasteiger partial charge is 0.387 e. The number of rotatable bonds is 2. The molecule has 0 aromatic rings. The van der Waals surface area contributed by atoms with Crippen LogP contribution in [0, 0.1) is 5.92 Å². The Bertz CT molecular complexity index is 343. The van der Waals surface area contributed by atoms with Gasteiger partial charge in [-0.25, -0.2) is 8.42 Å². The van der Waals surface area contributed by atoms with Gasteiger partial charge in [0.2, 0.25) is 0 Å². The van der Waals surface area contributed by atoms with Crippen LogP contribution in [0.4, 0.5) is 0 Å². The van der Waals surface area contributed by atoms with Gasteiger partial charge in [0.15, 0.2) is 0 Å². The van der Waals surface area contributed by atoms with Crippen molar-refractivity contribution in [1.29, 1.82) is 0 Å². The topological polar surface area (TPSA) is 63.6 Å². The second-order valence-corrected chi connectivity index (χ2v) is 7.55. The molecule has 2 fully saturated rings. The van der Waals surface area contributed by atoms with Gasteiger partial charge in [-0.3, -0.25) is 0 Å². The highest BCUT2D eigenvalue weighted by Crippen LogP contribution is 2.39. The minimum Gasteiger partial charge on any atom is -0.387 e. The van der Waals surface area contributed by atoms with E-state index in [4.69, 9.17) is 4.74 Å². The highest BCUT2D eigenvalue weighted by atomic mass is 32.2. The summed E-state index contributed by atoms with van der Waals surface area (Å²) in [5, 5.41) is 10.1. The van der Waals surface area contributed by atoms with Gasteiger partial charge in [0, 0.05) is 19.3 Å².